The number of anilines is 1. The van der Waals surface area contributed by atoms with E-state index in [-0.39, 0.29) is 12.3 Å². The van der Waals surface area contributed by atoms with E-state index in [1.165, 1.54) is 16.2 Å². The fraction of sp³-hybridized carbons (Fsp3) is 0.227. The van der Waals surface area contributed by atoms with E-state index in [0.717, 1.165) is 26.8 Å². The second kappa shape index (κ2) is 8.81. The van der Waals surface area contributed by atoms with Crippen LogP contribution >= 0.6 is 22.7 Å². The largest absolute Gasteiger partial charge is 0.497 e. The Hall–Kier alpha value is -2.97. The lowest BCUT2D eigenvalue weighted by Gasteiger charge is -2.01. The third-order valence-electron chi connectivity index (χ3n) is 4.51. The molecule has 0 aliphatic carbocycles. The maximum Gasteiger partial charge on any atom is 0.226 e. The Morgan fingerprint density at radius 2 is 1.93 bits per heavy atom. The normalized spacial score (nSPS) is 10.9. The lowest BCUT2D eigenvalue weighted by molar-refractivity contribution is -0.116. The van der Waals surface area contributed by atoms with Crippen molar-refractivity contribution in [2.24, 2.45) is 0 Å². The zero-order chi connectivity index (χ0) is 21.1. The van der Waals surface area contributed by atoms with Crippen LogP contribution in [0, 0.1) is 13.8 Å². The predicted molar refractivity (Wildman–Crippen MR) is 120 cm³/mol. The maximum absolute atomic E-state index is 12.4. The fourth-order valence-electron chi connectivity index (χ4n) is 2.96. The molecule has 0 spiro atoms. The van der Waals surface area contributed by atoms with E-state index in [9.17, 15) is 4.79 Å². The zero-order valence-corrected chi connectivity index (χ0v) is 18.5. The van der Waals surface area contributed by atoms with E-state index in [4.69, 9.17) is 9.15 Å². The number of oxazole rings is 1. The summed E-state index contributed by atoms with van der Waals surface area (Å²) in [6.07, 6.45) is 2.37. The quantitative estimate of drug-likeness (QED) is 0.398. The SMILES string of the molecule is COc1ccc(-c2cnc(CCC(=O)Nc3nc(-c4ccc(C)s4)c(C)s3)o2)cc1. The summed E-state index contributed by atoms with van der Waals surface area (Å²) in [7, 11) is 1.63. The molecule has 154 valence electrons. The van der Waals surface area contributed by atoms with Gasteiger partial charge in [0.1, 0.15) is 5.75 Å². The molecule has 4 rings (SSSR count). The van der Waals surface area contributed by atoms with E-state index in [1.54, 1.807) is 24.6 Å². The van der Waals surface area contributed by atoms with Crippen molar-refractivity contribution in [1.29, 1.82) is 0 Å². The summed E-state index contributed by atoms with van der Waals surface area (Å²) in [5, 5.41) is 3.51. The Morgan fingerprint density at radius 1 is 1.13 bits per heavy atom. The number of methoxy groups -OCH3 is 1. The highest BCUT2D eigenvalue weighted by Crippen LogP contribution is 2.34. The van der Waals surface area contributed by atoms with Crippen molar-refractivity contribution in [3.05, 3.63) is 58.2 Å². The molecule has 8 heteroatoms. The molecule has 0 atom stereocenters. The summed E-state index contributed by atoms with van der Waals surface area (Å²) in [4.78, 5) is 24.7. The second-order valence-electron chi connectivity index (χ2n) is 6.73. The van der Waals surface area contributed by atoms with E-state index in [1.807, 2.05) is 31.2 Å². The van der Waals surface area contributed by atoms with Gasteiger partial charge in [0.15, 0.2) is 16.8 Å². The first kappa shape index (κ1) is 20.3. The van der Waals surface area contributed by atoms with Crippen LogP contribution in [0.1, 0.15) is 22.1 Å². The molecule has 0 unspecified atom stereocenters. The number of nitrogens with zero attached hydrogens (tertiary/aromatic N) is 2. The minimum atomic E-state index is -0.109. The molecule has 0 bridgehead atoms. The Labute approximate surface area is 182 Å². The van der Waals surface area contributed by atoms with Gasteiger partial charge in [-0.1, -0.05) is 0 Å². The highest BCUT2D eigenvalue weighted by atomic mass is 32.1. The van der Waals surface area contributed by atoms with Crippen LogP contribution in [0.15, 0.2) is 47.0 Å². The van der Waals surface area contributed by atoms with Crippen LogP contribution in [0.3, 0.4) is 0 Å². The van der Waals surface area contributed by atoms with Crippen LogP contribution in [0.2, 0.25) is 0 Å². The smallest absolute Gasteiger partial charge is 0.226 e. The highest BCUT2D eigenvalue weighted by Gasteiger charge is 2.14. The molecule has 30 heavy (non-hydrogen) atoms. The lowest BCUT2D eigenvalue weighted by Crippen LogP contribution is -2.12. The minimum absolute atomic E-state index is 0.109. The molecule has 3 aromatic heterocycles. The molecular weight excluding hydrogens is 418 g/mol. The van der Waals surface area contributed by atoms with Crippen LogP contribution < -0.4 is 10.1 Å². The van der Waals surface area contributed by atoms with Gasteiger partial charge in [-0.15, -0.1) is 22.7 Å². The number of aryl methyl sites for hydroxylation is 3. The fourth-order valence-corrected chi connectivity index (χ4v) is 4.78. The summed E-state index contributed by atoms with van der Waals surface area (Å²) < 4.78 is 10.9. The van der Waals surface area contributed by atoms with Crippen molar-refractivity contribution in [2.75, 3.05) is 12.4 Å². The van der Waals surface area contributed by atoms with Gasteiger partial charge in [0, 0.05) is 28.2 Å². The van der Waals surface area contributed by atoms with E-state index in [0.29, 0.717) is 23.2 Å². The molecule has 0 radical (unpaired) electrons. The molecule has 0 saturated heterocycles. The van der Waals surface area contributed by atoms with Gasteiger partial charge in [0.05, 0.1) is 23.9 Å². The first-order chi connectivity index (χ1) is 14.5. The van der Waals surface area contributed by atoms with E-state index < -0.39 is 0 Å². The molecule has 0 fully saturated rings. The average molecular weight is 440 g/mol. The average Bonchev–Trinajstić information content (AvgIpc) is 3.47. The molecule has 0 aliphatic rings. The Bertz CT molecular complexity index is 1160. The molecule has 0 saturated carbocycles. The van der Waals surface area contributed by atoms with Gasteiger partial charge in [0.2, 0.25) is 5.91 Å². The van der Waals surface area contributed by atoms with Crippen molar-refractivity contribution in [2.45, 2.75) is 26.7 Å². The van der Waals surface area contributed by atoms with Gasteiger partial charge in [-0.05, 0) is 50.2 Å². The standard InChI is InChI=1S/C22H21N3O3S2/c1-13-4-9-18(29-13)21-14(2)30-22(25-21)24-19(26)10-11-20-23-12-17(28-20)15-5-7-16(27-3)8-6-15/h4-9,12H,10-11H2,1-3H3,(H,24,25,26). The predicted octanol–water partition coefficient (Wildman–Crippen LogP) is 5.72. The second-order valence-corrected chi connectivity index (χ2v) is 9.22. The van der Waals surface area contributed by atoms with Crippen LogP contribution in [-0.2, 0) is 11.2 Å². The molecule has 6 nitrogen and oxygen atoms in total. The number of aromatic nitrogens is 2. The minimum Gasteiger partial charge on any atom is -0.497 e. The van der Waals surface area contributed by atoms with Crippen molar-refractivity contribution < 1.29 is 13.9 Å². The number of carbonyl (C=O) groups is 1. The van der Waals surface area contributed by atoms with E-state index >= 15 is 0 Å². The molecule has 0 aliphatic heterocycles. The zero-order valence-electron chi connectivity index (χ0n) is 16.9. The van der Waals surface area contributed by atoms with Gasteiger partial charge in [-0.25, -0.2) is 9.97 Å². The first-order valence-corrected chi connectivity index (χ1v) is 11.1. The topological polar surface area (TPSA) is 77.2 Å². The van der Waals surface area contributed by atoms with Gasteiger partial charge < -0.3 is 14.5 Å². The van der Waals surface area contributed by atoms with Crippen molar-refractivity contribution in [3.8, 4) is 27.6 Å². The Morgan fingerprint density at radius 3 is 2.63 bits per heavy atom. The summed E-state index contributed by atoms with van der Waals surface area (Å²) >= 11 is 3.19. The molecule has 4 aromatic rings. The van der Waals surface area contributed by atoms with Gasteiger partial charge in [0.25, 0.3) is 0 Å². The Balaban J connectivity index is 1.35. The van der Waals surface area contributed by atoms with Crippen molar-refractivity contribution in [1.82, 2.24) is 9.97 Å². The molecule has 1 N–H and O–H groups in total. The van der Waals surface area contributed by atoms with Gasteiger partial charge in [-0.2, -0.15) is 0 Å². The van der Waals surface area contributed by atoms with Crippen LogP contribution in [-0.4, -0.2) is 23.0 Å². The number of thiazole rings is 1. The monoisotopic (exact) mass is 439 g/mol. The number of hydrogen-bond donors (Lipinski definition) is 1. The van der Waals surface area contributed by atoms with Crippen LogP contribution in [0.25, 0.3) is 21.9 Å². The number of benzene rings is 1. The maximum atomic E-state index is 12.4. The number of amides is 1. The molecule has 1 amide bonds. The van der Waals surface area contributed by atoms with Crippen molar-refractivity contribution in [3.63, 3.8) is 0 Å². The number of nitrogens with one attached hydrogen (secondary N) is 1. The summed E-state index contributed by atoms with van der Waals surface area (Å²) in [6, 6.07) is 11.7. The third-order valence-corrected chi connectivity index (χ3v) is 6.40. The van der Waals surface area contributed by atoms with Crippen molar-refractivity contribution >= 4 is 33.7 Å². The lowest BCUT2D eigenvalue weighted by atomic mass is 10.2. The van der Waals surface area contributed by atoms with Gasteiger partial charge >= 0.3 is 0 Å². The van der Waals surface area contributed by atoms with Gasteiger partial charge in [-0.3, -0.25) is 4.79 Å². The summed E-state index contributed by atoms with van der Waals surface area (Å²) in [5.74, 6) is 1.87. The third kappa shape index (κ3) is 4.60. The summed E-state index contributed by atoms with van der Waals surface area (Å²) in [6.45, 7) is 4.09. The number of carbonyl (C=O) groups excluding carboxylic acids is 1. The molecule has 1 aromatic carbocycles. The number of thiophene rings is 1. The van der Waals surface area contributed by atoms with Crippen LogP contribution in [0.4, 0.5) is 5.13 Å². The number of hydrogen-bond acceptors (Lipinski definition) is 7. The van der Waals surface area contributed by atoms with E-state index in [2.05, 4.69) is 34.3 Å². The molecular formula is C22H21N3O3S2. The highest BCUT2D eigenvalue weighted by molar-refractivity contribution is 7.18. The van der Waals surface area contributed by atoms with Crippen LogP contribution in [0.5, 0.6) is 5.75 Å². The Kier molecular flexibility index (Phi) is 5.96. The summed E-state index contributed by atoms with van der Waals surface area (Å²) in [5.41, 5.74) is 1.85. The molecule has 3 heterocycles. The number of ether oxygens (including phenoxy) is 1. The number of rotatable bonds is 7. The first-order valence-electron chi connectivity index (χ1n) is 9.45.